The molecule has 4 rings (SSSR count). The van der Waals surface area contributed by atoms with Crippen molar-refractivity contribution in [2.24, 2.45) is 0 Å². The first kappa shape index (κ1) is 16.5. The lowest BCUT2D eigenvalue weighted by Crippen LogP contribution is -2.35. The number of nitrogen functional groups attached to an aromatic ring is 2. The number of ether oxygens (including phenoxy) is 1. The summed E-state index contributed by atoms with van der Waals surface area (Å²) in [5.41, 5.74) is 16.1. The van der Waals surface area contributed by atoms with Gasteiger partial charge in [0.25, 0.3) is 0 Å². The lowest BCUT2D eigenvalue weighted by atomic mass is 10.1. The fraction of sp³-hybridized carbons (Fsp3) is 0.294. The number of anilines is 2. The Morgan fingerprint density at radius 1 is 1.12 bits per heavy atom. The molecule has 0 atom stereocenters. The van der Waals surface area contributed by atoms with E-state index < -0.39 is 0 Å². The third-order valence-corrected chi connectivity index (χ3v) is 5.20. The summed E-state index contributed by atoms with van der Waals surface area (Å²) in [4.78, 5) is 11.3. The SMILES string of the molecule is Nc1cc(-c2cc(CN3CCOCC3)cc(Cl)n2)c2nc(N)sc2c1. The fourth-order valence-electron chi connectivity index (χ4n) is 3.06. The van der Waals surface area contributed by atoms with Crippen LogP contribution in [0.1, 0.15) is 5.56 Å². The highest BCUT2D eigenvalue weighted by Crippen LogP contribution is 2.35. The van der Waals surface area contributed by atoms with E-state index in [0.29, 0.717) is 16.0 Å². The van der Waals surface area contributed by atoms with E-state index in [0.717, 1.165) is 59.9 Å². The summed E-state index contributed by atoms with van der Waals surface area (Å²) in [6, 6.07) is 7.70. The Morgan fingerprint density at radius 3 is 2.72 bits per heavy atom. The fourth-order valence-corrected chi connectivity index (χ4v) is 4.10. The molecule has 1 saturated heterocycles. The highest BCUT2D eigenvalue weighted by Gasteiger charge is 2.15. The van der Waals surface area contributed by atoms with Crippen LogP contribution in [-0.2, 0) is 11.3 Å². The normalized spacial score (nSPS) is 15.7. The molecule has 6 nitrogen and oxygen atoms in total. The maximum Gasteiger partial charge on any atom is 0.181 e. The van der Waals surface area contributed by atoms with E-state index in [-0.39, 0.29) is 0 Å². The van der Waals surface area contributed by atoms with Gasteiger partial charge in [-0.25, -0.2) is 9.97 Å². The topological polar surface area (TPSA) is 90.3 Å². The summed E-state index contributed by atoms with van der Waals surface area (Å²) in [5, 5.41) is 0.969. The number of pyridine rings is 1. The Bertz CT molecular complexity index is 923. The molecular formula is C17H18ClN5OS. The molecule has 0 spiro atoms. The number of hydrogen-bond donors (Lipinski definition) is 2. The van der Waals surface area contributed by atoms with Crippen molar-refractivity contribution in [1.82, 2.24) is 14.9 Å². The van der Waals surface area contributed by atoms with Crippen molar-refractivity contribution in [3.8, 4) is 11.3 Å². The third kappa shape index (κ3) is 3.55. The minimum Gasteiger partial charge on any atom is -0.399 e. The summed E-state index contributed by atoms with van der Waals surface area (Å²) in [6.45, 7) is 4.17. The van der Waals surface area contributed by atoms with Crippen molar-refractivity contribution in [2.75, 3.05) is 37.8 Å². The molecule has 0 radical (unpaired) electrons. The standard InChI is InChI=1S/C17H18ClN5OS/c18-15-6-10(9-23-1-3-24-4-2-23)5-13(21-15)12-7-11(19)8-14-16(12)22-17(20)25-14/h5-8H,1-4,9,19H2,(H2,20,22). The zero-order chi connectivity index (χ0) is 17.4. The predicted molar refractivity (Wildman–Crippen MR) is 103 cm³/mol. The number of fused-ring (bicyclic) bond motifs is 1. The van der Waals surface area contributed by atoms with E-state index in [4.69, 9.17) is 27.8 Å². The molecule has 130 valence electrons. The molecule has 0 amide bonds. The Hall–Kier alpha value is -1.93. The first-order valence-electron chi connectivity index (χ1n) is 8.01. The van der Waals surface area contributed by atoms with E-state index in [2.05, 4.69) is 14.9 Å². The Kier molecular flexibility index (Phi) is 4.47. The van der Waals surface area contributed by atoms with Crippen molar-refractivity contribution in [3.63, 3.8) is 0 Å². The first-order chi connectivity index (χ1) is 12.1. The van der Waals surface area contributed by atoms with Crippen LogP contribution in [0.2, 0.25) is 5.15 Å². The highest BCUT2D eigenvalue weighted by molar-refractivity contribution is 7.22. The van der Waals surface area contributed by atoms with Gasteiger partial charge in [0, 0.05) is 30.9 Å². The quantitative estimate of drug-likeness (QED) is 0.540. The minimum atomic E-state index is 0.458. The first-order valence-corrected chi connectivity index (χ1v) is 9.20. The van der Waals surface area contributed by atoms with E-state index >= 15 is 0 Å². The number of thiazole rings is 1. The van der Waals surface area contributed by atoms with Gasteiger partial charge < -0.3 is 16.2 Å². The van der Waals surface area contributed by atoms with Gasteiger partial charge in [-0.15, -0.1) is 0 Å². The van der Waals surface area contributed by atoms with Gasteiger partial charge in [0.15, 0.2) is 5.13 Å². The molecular weight excluding hydrogens is 358 g/mol. The van der Waals surface area contributed by atoms with Gasteiger partial charge in [-0.1, -0.05) is 22.9 Å². The Labute approximate surface area is 154 Å². The van der Waals surface area contributed by atoms with Crippen molar-refractivity contribution in [2.45, 2.75) is 6.54 Å². The summed E-state index contributed by atoms with van der Waals surface area (Å²) in [6.07, 6.45) is 0. The summed E-state index contributed by atoms with van der Waals surface area (Å²) in [7, 11) is 0. The van der Waals surface area contributed by atoms with E-state index in [9.17, 15) is 0 Å². The number of rotatable bonds is 3. The molecule has 0 aliphatic carbocycles. The zero-order valence-corrected chi connectivity index (χ0v) is 15.1. The van der Waals surface area contributed by atoms with E-state index in [1.807, 2.05) is 24.3 Å². The second-order valence-electron chi connectivity index (χ2n) is 6.04. The zero-order valence-electron chi connectivity index (χ0n) is 13.5. The van der Waals surface area contributed by atoms with Crippen LogP contribution in [0.4, 0.5) is 10.8 Å². The van der Waals surface area contributed by atoms with Crippen LogP contribution in [0.15, 0.2) is 24.3 Å². The van der Waals surface area contributed by atoms with Crippen LogP contribution in [-0.4, -0.2) is 41.2 Å². The van der Waals surface area contributed by atoms with Gasteiger partial charge >= 0.3 is 0 Å². The van der Waals surface area contributed by atoms with Gasteiger partial charge in [-0.2, -0.15) is 0 Å². The largest absolute Gasteiger partial charge is 0.399 e. The number of benzene rings is 1. The maximum absolute atomic E-state index is 6.29. The molecule has 1 fully saturated rings. The van der Waals surface area contributed by atoms with Crippen molar-refractivity contribution < 1.29 is 4.74 Å². The van der Waals surface area contributed by atoms with Gasteiger partial charge in [0.1, 0.15) is 5.15 Å². The molecule has 8 heteroatoms. The van der Waals surface area contributed by atoms with Crippen molar-refractivity contribution >= 4 is 44.0 Å². The highest BCUT2D eigenvalue weighted by atomic mass is 35.5. The van der Waals surface area contributed by atoms with Crippen molar-refractivity contribution in [3.05, 3.63) is 35.0 Å². The minimum absolute atomic E-state index is 0.458. The number of halogens is 1. The van der Waals surface area contributed by atoms with Gasteiger partial charge in [-0.05, 0) is 29.8 Å². The molecule has 2 aromatic heterocycles. The lowest BCUT2D eigenvalue weighted by molar-refractivity contribution is 0.0342. The molecule has 3 heterocycles. The van der Waals surface area contributed by atoms with Crippen LogP contribution in [0.25, 0.3) is 21.5 Å². The molecule has 0 saturated carbocycles. The molecule has 1 aromatic carbocycles. The molecule has 0 unspecified atom stereocenters. The number of nitrogens with two attached hydrogens (primary N) is 2. The molecule has 3 aromatic rings. The van der Waals surface area contributed by atoms with E-state index in [1.54, 1.807) is 0 Å². The molecule has 1 aliphatic heterocycles. The lowest BCUT2D eigenvalue weighted by Gasteiger charge is -2.26. The number of aromatic nitrogens is 2. The Balaban J connectivity index is 1.75. The third-order valence-electron chi connectivity index (χ3n) is 4.17. The average molecular weight is 376 g/mol. The summed E-state index contributed by atoms with van der Waals surface area (Å²) in [5.74, 6) is 0. The molecule has 0 bridgehead atoms. The van der Waals surface area contributed by atoms with Gasteiger partial charge in [0.2, 0.25) is 0 Å². The Morgan fingerprint density at radius 2 is 1.92 bits per heavy atom. The van der Waals surface area contributed by atoms with Gasteiger partial charge in [-0.3, -0.25) is 4.90 Å². The molecule has 4 N–H and O–H groups in total. The van der Waals surface area contributed by atoms with Crippen LogP contribution < -0.4 is 11.5 Å². The van der Waals surface area contributed by atoms with Gasteiger partial charge in [0.05, 0.1) is 29.1 Å². The van der Waals surface area contributed by atoms with Crippen LogP contribution in [0, 0.1) is 0 Å². The van der Waals surface area contributed by atoms with Crippen LogP contribution in [0.3, 0.4) is 0 Å². The maximum atomic E-state index is 6.29. The molecule has 1 aliphatic rings. The summed E-state index contributed by atoms with van der Waals surface area (Å²) >= 11 is 7.70. The second-order valence-corrected chi connectivity index (χ2v) is 7.49. The van der Waals surface area contributed by atoms with Crippen LogP contribution in [0.5, 0.6) is 0 Å². The monoisotopic (exact) mass is 375 g/mol. The van der Waals surface area contributed by atoms with E-state index in [1.165, 1.54) is 11.3 Å². The predicted octanol–water partition coefficient (Wildman–Crippen LogP) is 3.01. The number of hydrogen-bond acceptors (Lipinski definition) is 7. The van der Waals surface area contributed by atoms with Crippen LogP contribution >= 0.6 is 22.9 Å². The average Bonchev–Trinajstić information content (AvgIpc) is 2.94. The number of morpholine rings is 1. The number of nitrogens with zero attached hydrogens (tertiary/aromatic N) is 3. The van der Waals surface area contributed by atoms with Crippen molar-refractivity contribution in [1.29, 1.82) is 0 Å². The smallest absolute Gasteiger partial charge is 0.181 e. The second kappa shape index (κ2) is 6.76. The molecule has 25 heavy (non-hydrogen) atoms. The summed E-state index contributed by atoms with van der Waals surface area (Å²) < 4.78 is 6.35.